The first-order chi connectivity index (χ1) is 11.3. The van der Waals surface area contributed by atoms with Crippen molar-refractivity contribution in [2.24, 2.45) is 0 Å². The van der Waals surface area contributed by atoms with Crippen LogP contribution in [-0.2, 0) is 0 Å². The van der Waals surface area contributed by atoms with E-state index in [4.69, 9.17) is 39.5 Å². The molecule has 0 saturated heterocycles. The Morgan fingerprint density at radius 3 is 2.17 bits per heavy atom. The fourth-order valence-electron chi connectivity index (χ4n) is 1.87. The third kappa shape index (κ3) is 5.45. The van der Waals surface area contributed by atoms with E-state index in [1.54, 1.807) is 43.5 Å². The third-order valence-electron chi connectivity index (χ3n) is 3.11. The molecule has 2 aromatic carbocycles. The summed E-state index contributed by atoms with van der Waals surface area (Å²) in [5.74, 6) is 0.274. The number of methoxy groups -OCH3 is 1. The van der Waals surface area contributed by atoms with Crippen LogP contribution in [0.5, 0.6) is 5.75 Å². The second kappa shape index (κ2) is 8.30. The molecule has 0 radical (unpaired) electrons. The molecule has 8 heteroatoms. The molecular weight excluding hydrogens is 438 g/mol. The molecule has 0 saturated carbocycles. The maximum atomic E-state index is 12.4. The number of ether oxygens (including phenoxy) is 1. The zero-order valence-electron chi connectivity index (χ0n) is 12.5. The van der Waals surface area contributed by atoms with Gasteiger partial charge in [0.15, 0.2) is 0 Å². The lowest BCUT2D eigenvalue weighted by molar-refractivity contribution is 0.0942. The number of amides is 1. The van der Waals surface area contributed by atoms with Gasteiger partial charge in [0.2, 0.25) is 3.79 Å². The Morgan fingerprint density at radius 1 is 1.08 bits per heavy atom. The van der Waals surface area contributed by atoms with Gasteiger partial charge in [0.1, 0.15) is 11.9 Å². The van der Waals surface area contributed by atoms with Crippen molar-refractivity contribution >= 4 is 62.3 Å². The molecule has 24 heavy (non-hydrogen) atoms. The number of benzene rings is 2. The molecule has 1 atom stereocenters. The van der Waals surface area contributed by atoms with E-state index in [0.717, 1.165) is 4.47 Å². The number of alkyl halides is 3. The summed E-state index contributed by atoms with van der Waals surface area (Å²) in [7, 11) is 1.55. The minimum absolute atomic E-state index is 0.376. The van der Waals surface area contributed by atoms with Crippen LogP contribution in [0.4, 0.5) is 5.69 Å². The van der Waals surface area contributed by atoms with Crippen molar-refractivity contribution in [3.8, 4) is 5.75 Å². The first kappa shape index (κ1) is 19.2. The zero-order chi connectivity index (χ0) is 17.7. The Morgan fingerprint density at radius 2 is 1.67 bits per heavy atom. The third-order valence-corrected chi connectivity index (χ3v) is 4.29. The van der Waals surface area contributed by atoms with Crippen LogP contribution in [-0.4, -0.2) is 23.0 Å². The molecule has 0 fully saturated rings. The highest BCUT2D eigenvalue weighted by molar-refractivity contribution is 9.10. The lowest BCUT2D eigenvalue weighted by Gasteiger charge is -2.27. The Kier molecular flexibility index (Phi) is 6.63. The lowest BCUT2D eigenvalue weighted by Crippen LogP contribution is -2.49. The Balaban J connectivity index is 2.13. The van der Waals surface area contributed by atoms with E-state index in [0.29, 0.717) is 17.0 Å². The highest BCUT2D eigenvalue weighted by atomic mass is 79.9. The number of halogens is 4. The molecule has 0 aliphatic carbocycles. The Hall–Kier alpha value is -1.14. The van der Waals surface area contributed by atoms with Gasteiger partial charge in [-0.3, -0.25) is 4.79 Å². The average Bonchev–Trinajstić information content (AvgIpc) is 2.55. The first-order valence-corrected chi connectivity index (χ1v) is 8.76. The van der Waals surface area contributed by atoms with E-state index in [1.165, 1.54) is 0 Å². The summed E-state index contributed by atoms with van der Waals surface area (Å²) >= 11 is 21.3. The predicted octanol–water partition coefficient (Wildman–Crippen LogP) is 5.00. The first-order valence-electron chi connectivity index (χ1n) is 6.83. The van der Waals surface area contributed by atoms with E-state index >= 15 is 0 Å². The number of carbonyl (C=O) groups is 1. The molecule has 1 amide bonds. The van der Waals surface area contributed by atoms with Crippen molar-refractivity contribution in [2.75, 3.05) is 12.4 Å². The van der Waals surface area contributed by atoms with Crippen LogP contribution in [0.1, 0.15) is 10.4 Å². The molecule has 0 unspecified atom stereocenters. The minimum Gasteiger partial charge on any atom is -0.497 e. The van der Waals surface area contributed by atoms with Gasteiger partial charge in [-0.25, -0.2) is 0 Å². The van der Waals surface area contributed by atoms with Crippen molar-refractivity contribution < 1.29 is 9.53 Å². The average molecular weight is 453 g/mol. The van der Waals surface area contributed by atoms with E-state index in [-0.39, 0.29) is 5.91 Å². The standard InChI is InChI=1S/C16H14BrCl3N2O2/c1-24-13-8-2-10(3-9-13)14(23)22-15(16(18,19)20)21-12-6-4-11(17)5-7-12/h2-9,15,21H,1H3,(H,22,23)/t15-/m1/s1. The fraction of sp³-hybridized carbons (Fsp3) is 0.188. The maximum Gasteiger partial charge on any atom is 0.252 e. The Bertz CT molecular complexity index is 688. The summed E-state index contributed by atoms with van der Waals surface area (Å²) in [5.41, 5.74) is 1.12. The monoisotopic (exact) mass is 450 g/mol. The molecule has 4 nitrogen and oxygen atoms in total. The molecule has 0 spiro atoms. The number of nitrogens with one attached hydrogen (secondary N) is 2. The summed E-state index contributed by atoms with van der Waals surface area (Å²) in [6.07, 6.45) is -0.918. The zero-order valence-corrected chi connectivity index (χ0v) is 16.4. The summed E-state index contributed by atoms with van der Waals surface area (Å²) < 4.78 is 4.24. The number of hydrogen-bond acceptors (Lipinski definition) is 3. The summed E-state index contributed by atoms with van der Waals surface area (Å²) in [5, 5.41) is 5.67. The highest BCUT2D eigenvalue weighted by Crippen LogP contribution is 2.31. The molecule has 2 aromatic rings. The highest BCUT2D eigenvalue weighted by Gasteiger charge is 2.34. The van der Waals surface area contributed by atoms with Crippen LogP contribution in [0.2, 0.25) is 0 Å². The summed E-state index contributed by atoms with van der Waals surface area (Å²) in [6.45, 7) is 0. The second-order valence-corrected chi connectivity index (χ2v) is 8.11. The summed E-state index contributed by atoms with van der Waals surface area (Å²) in [6, 6.07) is 13.9. The van der Waals surface area contributed by atoms with Gasteiger partial charge in [-0.1, -0.05) is 50.7 Å². The molecular formula is C16H14BrCl3N2O2. The van der Waals surface area contributed by atoms with Gasteiger partial charge in [0.25, 0.3) is 5.91 Å². The number of hydrogen-bond donors (Lipinski definition) is 2. The quantitative estimate of drug-likeness (QED) is 0.496. The van der Waals surface area contributed by atoms with Gasteiger partial charge >= 0.3 is 0 Å². The number of anilines is 1. The van der Waals surface area contributed by atoms with E-state index in [1.807, 2.05) is 12.1 Å². The molecule has 0 heterocycles. The SMILES string of the molecule is COc1ccc(C(=O)N[C@@H](Nc2ccc(Br)cc2)C(Cl)(Cl)Cl)cc1. The topological polar surface area (TPSA) is 50.4 Å². The molecule has 0 aliphatic rings. The molecule has 2 N–H and O–H groups in total. The van der Waals surface area contributed by atoms with Crippen molar-refractivity contribution in [3.63, 3.8) is 0 Å². The van der Waals surface area contributed by atoms with Crippen molar-refractivity contribution in [2.45, 2.75) is 9.96 Å². The lowest BCUT2D eigenvalue weighted by atomic mass is 10.2. The van der Waals surface area contributed by atoms with Crippen molar-refractivity contribution in [1.82, 2.24) is 5.32 Å². The number of carbonyl (C=O) groups excluding carboxylic acids is 1. The van der Waals surface area contributed by atoms with Crippen LogP contribution in [0.15, 0.2) is 53.0 Å². The van der Waals surface area contributed by atoms with Crippen LogP contribution >= 0.6 is 50.7 Å². The van der Waals surface area contributed by atoms with Crippen molar-refractivity contribution in [1.29, 1.82) is 0 Å². The van der Waals surface area contributed by atoms with Crippen LogP contribution in [0, 0.1) is 0 Å². The van der Waals surface area contributed by atoms with Gasteiger partial charge in [-0.05, 0) is 48.5 Å². The Labute approximate surface area is 163 Å². The molecule has 0 aromatic heterocycles. The molecule has 2 rings (SSSR count). The van der Waals surface area contributed by atoms with Crippen LogP contribution in [0.3, 0.4) is 0 Å². The van der Waals surface area contributed by atoms with E-state index < -0.39 is 9.96 Å². The van der Waals surface area contributed by atoms with Crippen LogP contribution < -0.4 is 15.4 Å². The van der Waals surface area contributed by atoms with Crippen LogP contribution in [0.25, 0.3) is 0 Å². The predicted molar refractivity (Wildman–Crippen MR) is 102 cm³/mol. The van der Waals surface area contributed by atoms with E-state index in [2.05, 4.69) is 26.6 Å². The molecule has 0 aliphatic heterocycles. The van der Waals surface area contributed by atoms with Gasteiger partial charge in [-0.2, -0.15) is 0 Å². The normalized spacial score (nSPS) is 12.4. The van der Waals surface area contributed by atoms with Gasteiger partial charge in [0.05, 0.1) is 7.11 Å². The number of rotatable bonds is 5. The van der Waals surface area contributed by atoms with Crippen molar-refractivity contribution in [3.05, 3.63) is 58.6 Å². The fourth-order valence-corrected chi connectivity index (χ4v) is 2.46. The van der Waals surface area contributed by atoms with E-state index in [9.17, 15) is 4.79 Å². The van der Waals surface area contributed by atoms with Gasteiger partial charge in [-0.15, -0.1) is 0 Å². The van der Waals surface area contributed by atoms with Gasteiger partial charge in [0, 0.05) is 15.7 Å². The maximum absolute atomic E-state index is 12.4. The molecule has 128 valence electrons. The second-order valence-electron chi connectivity index (χ2n) is 4.83. The van der Waals surface area contributed by atoms with Gasteiger partial charge < -0.3 is 15.4 Å². The minimum atomic E-state index is -1.74. The largest absolute Gasteiger partial charge is 0.497 e. The molecule has 0 bridgehead atoms. The smallest absolute Gasteiger partial charge is 0.252 e. The summed E-state index contributed by atoms with van der Waals surface area (Å²) in [4.78, 5) is 12.4.